The van der Waals surface area contributed by atoms with Crippen LogP contribution in [0.2, 0.25) is 0 Å². The van der Waals surface area contributed by atoms with E-state index in [1.807, 2.05) is 0 Å². The first-order valence-electron chi connectivity index (χ1n) is 4.92. The first kappa shape index (κ1) is 9.61. The van der Waals surface area contributed by atoms with Crippen molar-refractivity contribution in [3.05, 3.63) is 0 Å². The van der Waals surface area contributed by atoms with Crippen LogP contribution in [-0.4, -0.2) is 12.1 Å². The SMILES string of the molecule is C#CCC(C)NC1CCC(C)C1. The third-order valence-electron chi connectivity index (χ3n) is 2.64. The second-order valence-corrected chi connectivity index (χ2v) is 4.09. The lowest BCUT2D eigenvalue weighted by Gasteiger charge is -2.17. The first-order chi connectivity index (χ1) is 5.72. The maximum atomic E-state index is 5.24. The summed E-state index contributed by atoms with van der Waals surface area (Å²) in [6.45, 7) is 4.50. The van der Waals surface area contributed by atoms with Gasteiger partial charge in [0.1, 0.15) is 0 Å². The third kappa shape index (κ3) is 2.87. The lowest BCUT2D eigenvalue weighted by Crippen LogP contribution is -2.34. The lowest BCUT2D eigenvalue weighted by molar-refractivity contribution is 0.444. The molecule has 0 spiro atoms. The Bertz CT molecular complexity index is 168. The molecule has 3 atom stereocenters. The first-order valence-corrected chi connectivity index (χ1v) is 4.92. The molecule has 0 bridgehead atoms. The van der Waals surface area contributed by atoms with E-state index in [2.05, 4.69) is 25.1 Å². The van der Waals surface area contributed by atoms with E-state index in [0.29, 0.717) is 6.04 Å². The minimum Gasteiger partial charge on any atom is -0.311 e. The van der Waals surface area contributed by atoms with Gasteiger partial charge in [-0.15, -0.1) is 12.3 Å². The van der Waals surface area contributed by atoms with Crippen molar-refractivity contribution < 1.29 is 0 Å². The predicted molar refractivity (Wildman–Crippen MR) is 52.9 cm³/mol. The fraction of sp³-hybridized carbons (Fsp3) is 0.818. The van der Waals surface area contributed by atoms with E-state index >= 15 is 0 Å². The molecule has 68 valence electrons. The maximum absolute atomic E-state index is 5.24. The molecule has 0 saturated heterocycles. The van der Waals surface area contributed by atoms with Crippen molar-refractivity contribution in [2.45, 2.75) is 51.6 Å². The molecule has 0 heterocycles. The molecule has 1 fully saturated rings. The van der Waals surface area contributed by atoms with Crippen molar-refractivity contribution in [1.29, 1.82) is 0 Å². The van der Waals surface area contributed by atoms with Gasteiger partial charge in [-0.1, -0.05) is 6.92 Å². The summed E-state index contributed by atoms with van der Waals surface area (Å²) in [7, 11) is 0. The van der Waals surface area contributed by atoms with Crippen LogP contribution in [0, 0.1) is 18.3 Å². The number of terminal acetylenes is 1. The normalized spacial score (nSPS) is 31.4. The Labute approximate surface area is 75.9 Å². The van der Waals surface area contributed by atoms with Crippen LogP contribution in [0.1, 0.15) is 39.5 Å². The van der Waals surface area contributed by atoms with E-state index in [-0.39, 0.29) is 0 Å². The average molecular weight is 165 g/mol. The van der Waals surface area contributed by atoms with Crippen molar-refractivity contribution in [3.63, 3.8) is 0 Å². The Kier molecular flexibility index (Phi) is 3.62. The highest BCUT2D eigenvalue weighted by molar-refractivity contribution is 4.90. The van der Waals surface area contributed by atoms with Crippen LogP contribution in [0.5, 0.6) is 0 Å². The topological polar surface area (TPSA) is 12.0 Å². The van der Waals surface area contributed by atoms with Gasteiger partial charge in [0.05, 0.1) is 0 Å². The minimum atomic E-state index is 0.491. The summed E-state index contributed by atoms with van der Waals surface area (Å²) in [4.78, 5) is 0. The molecular formula is C11H19N. The number of nitrogens with one attached hydrogen (secondary N) is 1. The van der Waals surface area contributed by atoms with Crippen molar-refractivity contribution in [2.24, 2.45) is 5.92 Å². The van der Waals surface area contributed by atoms with Gasteiger partial charge in [-0.25, -0.2) is 0 Å². The molecule has 1 aliphatic rings. The number of hydrogen-bond donors (Lipinski definition) is 1. The molecule has 3 unspecified atom stereocenters. The van der Waals surface area contributed by atoms with Gasteiger partial charge in [0.2, 0.25) is 0 Å². The molecule has 12 heavy (non-hydrogen) atoms. The number of hydrogen-bond acceptors (Lipinski definition) is 1. The van der Waals surface area contributed by atoms with Crippen LogP contribution in [0.4, 0.5) is 0 Å². The van der Waals surface area contributed by atoms with Gasteiger partial charge in [-0.2, -0.15) is 0 Å². The van der Waals surface area contributed by atoms with Crippen LogP contribution in [0.3, 0.4) is 0 Å². The Balaban J connectivity index is 2.19. The highest BCUT2D eigenvalue weighted by Gasteiger charge is 2.21. The fourth-order valence-electron chi connectivity index (χ4n) is 2.00. The summed E-state index contributed by atoms with van der Waals surface area (Å²) < 4.78 is 0. The Morgan fingerprint density at radius 3 is 2.83 bits per heavy atom. The quantitative estimate of drug-likeness (QED) is 0.632. The third-order valence-corrected chi connectivity index (χ3v) is 2.64. The zero-order valence-electron chi connectivity index (χ0n) is 8.14. The monoisotopic (exact) mass is 165 g/mol. The molecule has 1 aliphatic carbocycles. The van der Waals surface area contributed by atoms with E-state index in [1.54, 1.807) is 0 Å². The van der Waals surface area contributed by atoms with Gasteiger partial charge in [0.25, 0.3) is 0 Å². The maximum Gasteiger partial charge on any atom is 0.0238 e. The molecule has 0 aromatic rings. The van der Waals surface area contributed by atoms with Gasteiger partial charge in [0.15, 0.2) is 0 Å². The Morgan fingerprint density at radius 2 is 2.33 bits per heavy atom. The highest BCUT2D eigenvalue weighted by atomic mass is 14.9. The molecule has 0 aromatic carbocycles. The molecule has 0 radical (unpaired) electrons. The van der Waals surface area contributed by atoms with Gasteiger partial charge in [0, 0.05) is 18.5 Å². The fourth-order valence-corrected chi connectivity index (χ4v) is 2.00. The molecule has 1 heteroatoms. The van der Waals surface area contributed by atoms with Crippen LogP contribution in [0.15, 0.2) is 0 Å². The summed E-state index contributed by atoms with van der Waals surface area (Å²) >= 11 is 0. The van der Waals surface area contributed by atoms with Gasteiger partial charge in [-0.3, -0.25) is 0 Å². The van der Waals surface area contributed by atoms with Crippen molar-refractivity contribution in [1.82, 2.24) is 5.32 Å². The zero-order chi connectivity index (χ0) is 8.97. The second-order valence-electron chi connectivity index (χ2n) is 4.09. The van der Waals surface area contributed by atoms with Crippen LogP contribution < -0.4 is 5.32 Å². The summed E-state index contributed by atoms with van der Waals surface area (Å²) in [5.74, 6) is 3.59. The van der Waals surface area contributed by atoms with Gasteiger partial charge in [-0.05, 0) is 32.1 Å². The van der Waals surface area contributed by atoms with E-state index in [4.69, 9.17) is 6.42 Å². The lowest BCUT2D eigenvalue weighted by atomic mass is 10.1. The van der Waals surface area contributed by atoms with E-state index in [1.165, 1.54) is 19.3 Å². The highest BCUT2D eigenvalue weighted by Crippen LogP contribution is 2.24. The smallest absolute Gasteiger partial charge is 0.0238 e. The predicted octanol–water partition coefficient (Wildman–Crippen LogP) is 2.18. The van der Waals surface area contributed by atoms with Crippen molar-refractivity contribution in [3.8, 4) is 12.3 Å². The Morgan fingerprint density at radius 1 is 1.58 bits per heavy atom. The molecule has 0 aromatic heterocycles. The standard InChI is InChI=1S/C11H19N/c1-4-5-10(3)12-11-7-6-9(2)8-11/h1,9-12H,5-8H2,2-3H3. The molecule has 0 aliphatic heterocycles. The summed E-state index contributed by atoms with van der Waals surface area (Å²) in [5, 5.41) is 3.57. The summed E-state index contributed by atoms with van der Waals surface area (Å²) in [6.07, 6.45) is 10.1. The Hall–Kier alpha value is -0.480. The van der Waals surface area contributed by atoms with Crippen molar-refractivity contribution in [2.75, 3.05) is 0 Å². The number of rotatable bonds is 3. The second kappa shape index (κ2) is 4.52. The molecule has 1 saturated carbocycles. The average Bonchev–Trinajstić information content (AvgIpc) is 2.36. The minimum absolute atomic E-state index is 0.491. The van der Waals surface area contributed by atoms with E-state index in [0.717, 1.165) is 18.4 Å². The van der Waals surface area contributed by atoms with Crippen LogP contribution in [-0.2, 0) is 0 Å². The molecule has 0 amide bonds. The van der Waals surface area contributed by atoms with E-state index in [9.17, 15) is 0 Å². The van der Waals surface area contributed by atoms with Gasteiger partial charge < -0.3 is 5.32 Å². The van der Waals surface area contributed by atoms with Crippen molar-refractivity contribution >= 4 is 0 Å². The summed E-state index contributed by atoms with van der Waals surface area (Å²) in [6, 6.07) is 1.22. The summed E-state index contributed by atoms with van der Waals surface area (Å²) in [5.41, 5.74) is 0. The zero-order valence-corrected chi connectivity index (χ0v) is 8.14. The molecule has 1 N–H and O–H groups in total. The molecule has 1 rings (SSSR count). The molecular weight excluding hydrogens is 146 g/mol. The largest absolute Gasteiger partial charge is 0.311 e. The molecule has 1 nitrogen and oxygen atoms in total. The van der Waals surface area contributed by atoms with E-state index < -0.39 is 0 Å². The van der Waals surface area contributed by atoms with Crippen LogP contribution >= 0.6 is 0 Å². The van der Waals surface area contributed by atoms with Gasteiger partial charge >= 0.3 is 0 Å². The van der Waals surface area contributed by atoms with Crippen LogP contribution in [0.25, 0.3) is 0 Å².